The van der Waals surface area contributed by atoms with Gasteiger partial charge in [0.2, 0.25) is 5.69 Å². The molecule has 2 amide bonds. The predicted octanol–water partition coefficient (Wildman–Crippen LogP) is 4.94. The van der Waals surface area contributed by atoms with E-state index in [0.29, 0.717) is 127 Å². The Labute approximate surface area is 469 Å². The third kappa shape index (κ3) is 15.7. The average Bonchev–Trinajstić information content (AvgIpc) is 3.81. The van der Waals surface area contributed by atoms with E-state index in [9.17, 15) is 27.4 Å². The van der Waals surface area contributed by atoms with Gasteiger partial charge in [-0.1, -0.05) is 48.6 Å². The van der Waals surface area contributed by atoms with Gasteiger partial charge in [-0.15, -0.1) is 5.06 Å². The van der Waals surface area contributed by atoms with Gasteiger partial charge in [0.15, 0.2) is 5.71 Å². The van der Waals surface area contributed by atoms with Gasteiger partial charge in [-0.25, -0.2) is 13.2 Å². The smallest absolute Gasteiger partial charge is 0.744 e. The molecule has 0 bridgehead atoms. The van der Waals surface area contributed by atoms with E-state index in [4.69, 9.17) is 38.0 Å². The molecule has 3 aromatic carbocycles. The molecule has 3 aromatic rings. The summed E-state index contributed by atoms with van der Waals surface area (Å²) >= 11 is 0. The number of hydrogen-bond donors (Lipinski definition) is 0. The quantitative estimate of drug-likeness (QED) is 0.0298. The summed E-state index contributed by atoms with van der Waals surface area (Å²) < 4.78 is 78.9. The first kappa shape index (κ1) is 60.4. The molecule has 0 atom stereocenters. The van der Waals surface area contributed by atoms with Gasteiger partial charge >= 0.3 is 35.5 Å². The number of fused-ring (bicyclic) bond motifs is 3. The number of benzene rings is 3. The van der Waals surface area contributed by atoms with Crippen LogP contribution in [0.3, 0.4) is 0 Å². The number of methoxy groups -OCH3 is 1. The predicted molar refractivity (Wildman–Crippen MR) is 283 cm³/mol. The Morgan fingerprint density at radius 1 is 0.789 bits per heavy atom. The molecule has 404 valence electrons. The second-order valence-corrected chi connectivity index (χ2v) is 21.0. The van der Waals surface area contributed by atoms with Gasteiger partial charge in [-0.05, 0) is 82.9 Å². The van der Waals surface area contributed by atoms with Crippen molar-refractivity contribution >= 4 is 61.9 Å². The van der Waals surface area contributed by atoms with Gasteiger partial charge in [0.1, 0.15) is 28.2 Å². The summed E-state index contributed by atoms with van der Waals surface area (Å²) in [6.45, 7) is 17.1. The van der Waals surface area contributed by atoms with Crippen LogP contribution in [0.2, 0.25) is 0 Å². The number of ether oxygens (including phenoxy) is 7. The van der Waals surface area contributed by atoms with Crippen LogP contribution in [-0.4, -0.2) is 145 Å². The molecule has 0 aliphatic carbocycles. The van der Waals surface area contributed by atoms with Crippen LogP contribution >= 0.6 is 0 Å². The fourth-order valence-corrected chi connectivity index (χ4v) is 10.2. The molecule has 0 unspecified atom stereocenters. The molecule has 0 radical (unpaired) electrons. The summed E-state index contributed by atoms with van der Waals surface area (Å²) in [4.78, 5) is 43.5. The van der Waals surface area contributed by atoms with Gasteiger partial charge < -0.3 is 47.4 Å². The number of unbranched alkanes of at least 4 members (excludes halogenated alkanes) is 2. The zero-order chi connectivity index (χ0) is 53.6. The SMILES string of the molecule is COCCOCCOCCOCCOCCOCCN1c2cc3c(cc2C(C)=CC1(C)C)C(=CC=CC1=[N+](CCCCCC(=O)ON2C(=O)CCC2=O)c2ccc(S(=O)(=O)[O-])cc2C1(C)C)C=C(c1ccccc1)O3.[Na+]. The van der Waals surface area contributed by atoms with E-state index < -0.39 is 33.3 Å². The maximum absolute atomic E-state index is 12.5. The van der Waals surface area contributed by atoms with Crippen molar-refractivity contribution in [2.75, 3.05) is 97.8 Å². The van der Waals surface area contributed by atoms with Crippen molar-refractivity contribution in [1.29, 1.82) is 0 Å². The summed E-state index contributed by atoms with van der Waals surface area (Å²) in [5.74, 6) is -0.300. The normalized spacial score (nSPS) is 17.1. The van der Waals surface area contributed by atoms with Gasteiger partial charge in [0.25, 0.3) is 11.8 Å². The summed E-state index contributed by atoms with van der Waals surface area (Å²) in [5, 5.41) is 0.560. The van der Waals surface area contributed by atoms with Crippen LogP contribution in [-0.2, 0) is 63.2 Å². The van der Waals surface area contributed by atoms with E-state index in [1.165, 1.54) is 12.1 Å². The van der Waals surface area contributed by atoms with E-state index >= 15 is 0 Å². The minimum absolute atomic E-state index is 0. The Kier molecular flexibility index (Phi) is 22.4. The second kappa shape index (κ2) is 28.2. The molecule has 4 heterocycles. The van der Waals surface area contributed by atoms with E-state index in [2.05, 4.69) is 54.5 Å². The molecule has 1 saturated heterocycles. The third-order valence-corrected chi connectivity index (χ3v) is 14.3. The molecule has 76 heavy (non-hydrogen) atoms. The third-order valence-electron chi connectivity index (χ3n) is 13.5. The second-order valence-electron chi connectivity index (χ2n) is 19.7. The molecule has 0 N–H and O–H groups in total. The fraction of sp³-hybridized carbons (Fsp3) is 0.474. The van der Waals surface area contributed by atoms with Crippen LogP contribution in [0.5, 0.6) is 5.75 Å². The molecule has 17 nitrogen and oxygen atoms in total. The topological polar surface area (TPSA) is 192 Å². The van der Waals surface area contributed by atoms with Crippen molar-refractivity contribution in [1.82, 2.24) is 5.06 Å². The average molecular weight is 1080 g/mol. The number of carbonyl (C=O) groups excluding carboxylic acids is 3. The number of hydrogen-bond acceptors (Lipinski definition) is 15. The molecule has 4 aliphatic rings. The first-order valence-electron chi connectivity index (χ1n) is 25.7. The van der Waals surface area contributed by atoms with E-state index in [0.717, 1.165) is 44.9 Å². The van der Waals surface area contributed by atoms with Crippen LogP contribution in [0.15, 0.2) is 95.9 Å². The van der Waals surface area contributed by atoms with Gasteiger partial charge in [0, 0.05) is 85.5 Å². The summed E-state index contributed by atoms with van der Waals surface area (Å²) in [5.41, 5.74) is 7.34. The Morgan fingerprint density at radius 2 is 1.41 bits per heavy atom. The Balaban J connectivity index is 0.00000937. The molecule has 0 saturated carbocycles. The number of allylic oxidation sites excluding steroid dienone is 6. The van der Waals surface area contributed by atoms with Crippen molar-refractivity contribution < 1.29 is 99.5 Å². The Bertz CT molecular complexity index is 2790. The summed E-state index contributed by atoms with van der Waals surface area (Å²) in [7, 11) is -3.08. The van der Waals surface area contributed by atoms with Crippen LogP contribution in [0.4, 0.5) is 11.4 Å². The van der Waals surface area contributed by atoms with Gasteiger partial charge in [0.05, 0.1) is 88.5 Å². The summed E-state index contributed by atoms with van der Waals surface area (Å²) in [6.07, 6.45) is 12.2. The summed E-state index contributed by atoms with van der Waals surface area (Å²) in [6, 6.07) is 18.8. The maximum atomic E-state index is 12.5. The molecule has 0 spiro atoms. The molecular weight excluding hydrogens is 1010 g/mol. The number of anilines is 1. The minimum Gasteiger partial charge on any atom is -0.744 e. The van der Waals surface area contributed by atoms with Crippen molar-refractivity contribution in [2.24, 2.45) is 0 Å². The van der Waals surface area contributed by atoms with Crippen LogP contribution < -0.4 is 39.2 Å². The molecule has 19 heteroatoms. The zero-order valence-corrected chi connectivity index (χ0v) is 47.9. The van der Waals surface area contributed by atoms with Crippen LogP contribution in [0, 0.1) is 0 Å². The first-order chi connectivity index (χ1) is 36.0. The van der Waals surface area contributed by atoms with E-state index in [-0.39, 0.29) is 59.3 Å². The van der Waals surface area contributed by atoms with Gasteiger partial charge in [-0.3, -0.25) is 9.59 Å². The van der Waals surface area contributed by atoms with Crippen molar-refractivity contribution in [2.45, 2.75) is 89.0 Å². The van der Waals surface area contributed by atoms with Crippen molar-refractivity contribution in [3.8, 4) is 5.75 Å². The monoisotopic (exact) mass is 1080 g/mol. The van der Waals surface area contributed by atoms with Crippen molar-refractivity contribution in [3.05, 3.63) is 113 Å². The molecule has 0 aromatic heterocycles. The van der Waals surface area contributed by atoms with E-state index in [1.54, 1.807) is 13.2 Å². The van der Waals surface area contributed by atoms with E-state index in [1.807, 2.05) is 62.4 Å². The zero-order valence-electron chi connectivity index (χ0n) is 45.1. The molecule has 1 fully saturated rings. The number of nitrogens with zero attached hydrogens (tertiary/aromatic N) is 3. The molecular formula is C57H71N3NaO14S+. The number of imide groups is 1. The van der Waals surface area contributed by atoms with Crippen molar-refractivity contribution in [3.63, 3.8) is 0 Å². The largest absolute Gasteiger partial charge is 1.00 e. The Morgan fingerprint density at radius 3 is 2.03 bits per heavy atom. The maximum Gasteiger partial charge on any atom is 1.00 e. The molecule has 7 rings (SSSR count). The number of amides is 2. The first-order valence-corrected chi connectivity index (χ1v) is 27.1. The number of carbonyl (C=O) groups is 3. The standard InChI is InChI=1S/C57H71N3O14S.Na/c1-41-40-56(2,3)59(24-25-68-28-29-70-32-33-72-35-34-71-31-30-69-27-26-67-6)49-39-51-46(38-45(41)49)43(36-50(73-51)42-14-9-7-10-15-42)16-13-17-52-57(4,5)47-37-44(75(64,65)66)19-20-48(47)58(52)23-12-8-11-18-55(63)74-60-53(61)21-22-54(60)62;/h7,9-10,13-17,19-20,36-40H,8,11-12,18,21-35H2,1-6H3;/q;+1. The molecule has 4 aliphatic heterocycles. The van der Waals surface area contributed by atoms with Crippen LogP contribution in [0.25, 0.3) is 16.9 Å². The number of hydroxylamine groups is 2. The number of rotatable bonds is 29. The van der Waals surface area contributed by atoms with Gasteiger partial charge in [-0.2, -0.15) is 4.58 Å². The Hall–Kier alpha value is -4.83. The van der Waals surface area contributed by atoms with Crippen LogP contribution in [0.1, 0.15) is 95.4 Å². The minimum atomic E-state index is -4.72. The fourth-order valence-electron chi connectivity index (χ4n) is 9.67.